The molecule has 1 aromatic heterocycles. The zero-order valence-electron chi connectivity index (χ0n) is 11.7. The van der Waals surface area contributed by atoms with Crippen molar-refractivity contribution in [1.29, 1.82) is 0 Å². The van der Waals surface area contributed by atoms with Crippen molar-refractivity contribution in [1.82, 2.24) is 10.2 Å². The number of carboxylic acid groups (broad SMARTS) is 1. The van der Waals surface area contributed by atoms with Crippen LogP contribution in [0.25, 0.3) is 0 Å². The van der Waals surface area contributed by atoms with E-state index < -0.39 is 17.9 Å². The Hall–Kier alpha value is -2.31. The quantitative estimate of drug-likeness (QED) is 0.777. The number of carbonyl (C=O) groups is 3. The van der Waals surface area contributed by atoms with Gasteiger partial charge in [0, 0.05) is 12.6 Å². The van der Waals surface area contributed by atoms with Crippen LogP contribution in [0.15, 0.2) is 22.8 Å². The number of carbonyl (C=O) groups excluding carboxylic acids is 2. The lowest BCUT2D eigenvalue weighted by Crippen LogP contribution is -2.48. The number of hydrogen-bond acceptors (Lipinski definition) is 4. The first-order valence-corrected chi connectivity index (χ1v) is 6.85. The zero-order valence-corrected chi connectivity index (χ0v) is 11.7. The molecule has 0 aromatic carbocycles. The topological polar surface area (TPSA) is 99.9 Å². The van der Waals surface area contributed by atoms with Gasteiger partial charge >= 0.3 is 5.97 Å². The number of rotatable bonds is 7. The van der Waals surface area contributed by atoms with Gasteiger partial charge in [-0.1, -0.05) is 0 Å². The van der Waals surface area contributed by atoms with Gasteiger partial charge in [-0.3, -0.25) is 14.4 Å². The van der Waals surface area contributed by atoms with E-state index in [0.717, 1.165) is 12.8 Å². The van der Waals surface area contributed by atoms with Crippen LogP contribution in [0.4, 0.5) is 0 Å². The molecule has 2 rings (SSSR count). The predicted octanol–water partition coefficient (Wildman–Crippen LogP) is 0.864. The normalized spacial score (nSPS) is 15.3. The Morgan fingerprint density at radius 2 is 2.19 bits per heavy atom. The molecule has 0 spiro atoms. The molecule has 1 fully saturated rings. The molecular weight excluding hydrogens is 276 g/mol. The summed E-state index contributed by atoms with van der Waals surface area (Å²) >= 11 is 0. The minimum Gasteiger partial charge on any atom is -0.481 e. The van der Waals surface area contributed by atoms with Crippen LogP contribution in [-0.4, -0.2) is 46.4 Å². The summed E-state index contributed by atoms with van der Waals surface area (Å²) in [6.07, 6.45) is 3.04. The van der Waals surface area contributed by atoms with Gasteiger partial charge in [-0.15, -0.1) is 0 Å². The highest BCUT2D eigenvalue weighted by Crippen LogP contribution is 2.27. The minimum absolute atomic E-state index is 0.0961. The van der Waals surface area contributed by atoms with E-state index in [1.807, 2.05) is 0 Å². The van der Waals surface area contributed by atoms with Crippen LogP contribution < -0.4 is 5.32 Å². The first-order valence-electron chi connectivity index (χ1n) is 6.85. The zero-order chi connectivity index (χ0) is 15.4. The fourth-order valence-corrected chi connectivity index (χ4v) is 2.06. The Kier molecular flexibility index (Phi) is 4.62. The molecule has 0 aliphatic heterocycles. The van der Waals surface area contributed by atoms with Gasteiger partial charge in [-0.05, 0) is 31.9 Å². The monoisotopic (exact) mass is 294 g/mol. The van der Waals surface area contributed by atoms with E-state index in [0.29, 0.717) is 0 Å². The van der Waals surface area contributed by atoms with Crippen molar-refractivity contribution in [2.75, 3.05) is 6.54 Å². The van der Waals surface area contributed by atoms with Gasteiger partial charge < -0.3 is 19.7 Å². The first-order chi connectivity index (χ1) is 9.99. The average molecular weight is 294 g/mol. The summed E-state index contributed by atoms with van der Waals surface area (Å²) < 4.78 is 4.96. The van der Waals surface area contributed by atoms with Crippen LogP contribution in [-0.2, 0) is 9.59 Å². The Bertz CT molecular complexity index is 521. The summed E-state index contributed by atoms with van der Waals surface area (Å²) in [5.41, 5.74) is 0. The number of amides is 2. The fourth-order valence-electron chi connectivity index (χ4n) is 2.06. The molecule has 1 atom stereocenters. The highest BCUT2D eigenvalue weighted by Gasteiger charge is 2.35. The van der Waals surface area contributed by atoms with Gasteiger partial charge in [0.15, 0.2) is 5.76 Å². The lowest BCUT2D eigenvalue weighted by atomic mass is 10.2. The summed E-state index contributed by atoms with van der Waals surface area (Å²) in [4.78, 5) is 36.4. The molecule has 114 valence electrons. The summed E-state index contributed by atoms with van der Waals surface area (Å²) in [5.74, 6) is -1.53. The molecule has 21 heavy (non-hydrogen) atoms. The van der Waals surface area contributed by atoms with Crippen molar-refractivity contribution in [3.63, 3.8) is 0 Å². The van der Waals surface area contributed by atoms with Crippen LogP contribution in [0.1, 0.15) is 36.7 Å². The number of furan rings is 1. The van der Waals surface area contributed by atoms with Gasteiger partial charge in [0.2, 0.25) is 5.91 Å². The summed E-state index contributed by atoms with van der Waals surface area (Å²) in [5, 5.41) is 11.3. The van der Waals surface area contributed by atoms with Crippen molar-refractivity contribution in [2.45, 2.75) is 38.3 Å². The molecular formula is C14H18N2O5. The molecule has 0 bridgehead atoms. The molecule has 0 saturated heterocycles. The van der Waals surface area contributed by atoms with Crippen LogP contribution in [0, 0.1) is 0 Å². The van der Waals surface area contributed by atoms with E-state index >= 15 is 0 Å². The fraction of sp³-hybridized carbons (Fsp3) is 0.500. The van der Waals surface area contributed by atoms with E-state index in [-0.39, 0.29) is 30.7 Å². The number of carboxylic acids is 1. The lowest BCUT2D eigenvalue weighted by molar-refractivity contribution is -0.139. The maximum Gasteiger partial charge on any atom is 0.305 e. The SMILES string of the molecule is CC(NC(=O)c1ccco1)C(=O)N(CCC(=O)O)C1CC1. The summed E-state index contributed by atoms with van der Waals surface area (Å²) in [7, 11) is 0. The molecule has 1 aliphatic rings. The van der Waals surface area contributed by atoms with Crippen LogP contribution in [0.3, 0.4) is 0 Å². The summed E-state index contributed by atoms with van der Waals surface area (Å²) in [6, 6.07) is 2.47. The van der Waals surface area contributed by atoms with Crippen molar-refractivity contribution in [2.24, 2.45) is 0 Å². The van der Waals surface area contributed by atoms with Crippen molar-refractivity contribution >= 4 is 17.8 Å². The third kappa shape index (κ3) is 4.08. The Labute approximate surface area is 121 Å². The van der Waals surface area contributed by atoms with Gasteiger partial charge in [0.05, 0.1) is 12.7 Å². The molecule has 1 aliphatic carbocycles. The molecule has 1 unspecified atom stereocenters. The van der Waals surface area contributed by atoms with Crippen molar-refractivity contribution in [3.05, 3.63) is 24.2 Å². The molecule has 1 saturated carbocycles. The van der Waals surface area contributed by atoms with Crippen LogP contribution >= 0.6 is 0 Å². The predicted molar refractivity (Wildman–Crippen MR) is 72.6 cm³/mol. The second-order valence-electron chi connectivity index (χ2n) is 5.08. The second-order valence-corrected chi connectivity index (χ2v) is 5.08. The smallest absolute Gasteiger partial charge is 0.305 e. The number of hydrogen-bond donors (Lipinski definition) is 2. The number of nitrogens with zero attached hydrogens (tertiary/aromatic N) is 1. The second kappa shape index (κ2) is 6.43. The standard InChI is InChI=1S/C14H18N2O5/c1-9(15-13(19)11-3-2-8-21-11)14(20)16(10-4-5-10)7-6-12(17)18/h2-3,8-10H,4-7H2,1H3,(H,15,19)(H,17,18). The molecule has 1 aromatic rings. The maximum absolute atomic E-state index is 12.3. The van der Waals surface area contributed by atoms with Gasteiger partial charge in [0.25, 0.3) is 5.91 Å². The third-order valence-electron chi connectivity index (χ3n) is 3.30. The summed E-state index contributed by atoms with van der Waals surface area (Å²) in [6.45, 7) is 1.75. The Morgan fingerprint density at radius 3 is 2.71 bits per heavy atom. The van der Waals surface area contributed by atoms with Crippen LogP contribution in [0.5, 0.6) is 0 Å². The highest BCUT2D eigenvalue weighted by molar-refractivity contribution is 5.95. The third-order valence-corrected chi connectivity index (χ3v) is 3.30. The van der Waals surface area contributed by atoms with Gasteiger partial charge in [-0.25, -0.2) is 0 Å². The van der Waals surface area contributed by atoms with E-state index in [2.05, 4.69) is 5.32 Å². The van der Waals surface area contributed by atoms with Crippen LogP contribution in [0.2, 0.25) is 0 Å². The largest absolute Gasteiger partial charge is 0.481 e. The van der Waals surface area contributed by atoms with E-state index in [4.69, 9.17) is 9.52 Å². The molecule has 1 heterocycles. The number of aliphatic carboxylic acids is 1. The Morgan fingerprint density at radius 1 is 1.48 bits per heavy atom. The Balaban J connectivity index is 1.92. The van der Waals surface area contributed by atoms with Gasteiger partial charge in [0.1, 0.15) is 6.04 Å². The maximum atomic E-state index is 12.3. The average Bonchev–Trinajstić information content (AvgIpc) is 3.11. The lowest BCUT2D eigenvalue weighted by Gasteiger charge is -2.25. The van der Waals surface area contributed by atoms with E-state index in [1.165, 1.54) is 12.3 Å². The van der Waals surface area contributed by atoms with Crippen molar-refractivity contribution < 1.29 is 23.9 Å². The van der Waals surface area contributed by atoms with E-state index in [9.17, 15) is 14.4 Å². The van der Waals surface area contributed by atoms with E-state index in [1.54, 1.807) is 17.9 Å². The number of nitrogens with one attached hydrogen (secondary N) is 1. The molecule has 7 heteroatoms. The first kappa shape index (κ1) is 15.1. The van der Waals surface area contributed by atoms with Crippen molar-refractivity contribution in [3.8, 4) is 0 Å². The minimum atomic E-state index is -0.944. The molecule has 0 radical (unpaired) electrons. The highest BCUT2D eigenvalue weighted by atomic mass is 16.4. The van der Waals surface area contributed by atoms with Gasteiger partial charge in [-0.2, -0.15) is 0 Å². The molecule has 2 amide bonds. The molecule has 7 nitrogen and oxygen atoms in total. The molecule has 2 N–H and O–H groups in total.